The highest BCUT2D eigenvalue weighted by Gasteiger charge is 2.27. The van der Waals surface area contributed by atoms with Crippen molar-refractivity contribution in [3.05, 3.63) is 17.7 Å². The Morgan fingerprint density at radius 1 is 1.08 bits per heavy atom. The van der Waals surface area contributed by atoms with Gasteiger partial charge >= 0.3 is 0 Å². The first-order valence-electron chi connectivity index (χ1n) is 10.7. The standard InChI is InChI=1S/C22H37N3O/c1-15(2)18-7-11-22(12-8-18)25-14-21(23-17(25)4)13-16(3)19-5-9-20(24-26)10-6-19/h14-16,18-19,22,26H,5-13H2,1-4H3. The molecule has 1 unspecified atom stereocenters. The third-order valence-corrected chi connectivity index (χ3v) is 7.13. The fourth-order valence-corrected chi connectivity index (χ4v) is 5.20. The van der Waals surface area contributed by atoms with E-state index < -0.39 is 0 Å². The predicted octanol–water partition coefficient (Wildman–Crippen LogP) is 5.78. The van der Waals surface area contributed by atoms with Gasteiger partial charge in [0.05, 0.1) is 11.4 Å². The van der Waals surface area contributed by atoms with Gasteiger partial charge in [-0.1, -0.05) is 25.9 Å². The molecule has 4 nitrogen and oxygen atoms in total. The molecule has 1 aromatic heterocycles. The molecule has 2 saturated carbocycles. The SMILES string of the molecule is Cc1nc(CC(C)C2CCC(=NO)CC2)cn1C1CCC(C(C)C)CC1. The normalized spacial score (nSPS) is 28.3. The van der Waals surface area contributed by atoms with E-state index in [-0.39, 0.29) is 0 Å². The highest BCUT2D eigenvalue weighted by Crippen LogP contribution is 2.37. The topological polar surface area (TPSA) is 50.4 Å². The second-order valence-electron chi connectivity index (χ2n) is 9.18. The van der Waals surface area contributed by atoms with E-state index in [2.05, 4.69) is 43.6 Å². The number of oxime groups is 1. The van der Waals surface area contributed by atoms with Gasteiger partial charge in [0.1, 0.15) is 5.82 Å². The van der Waals surface area contributed by atoms with E-state index in [9.17, 15) is 0 Å². The van der Waals surface area contributed by atoms with Crippen molar-refractivity contribution in [3.8, 4) is 0 Å². The highest BCUT2D eigenvalue weighted by atomic mass is 16.4. The second kappa shape index (κ2) is 8.58. The molecule has 146 valence electrons. The van der Waals surface area contributed by atoms with Gasteiger partial charge in [-0.15, -0.1) is 0 Å². The molecule has 4 heteroatoms. The Bertz CT molecular complexity index is 601. The molecule has 3 rings (SSSR count). The number of aromatic nitrogens is 2. The quantitative estimate of drug-likeness (QED) is 0.535. The molecule has 0 aromatic carbocycles. The summed E-state index contributed by atoms with van der Waals surface area (Å²) in [6.45, 7) is 9.28. The Morgan fingerprint density at radius 2 is 1.73 bits per heavy atom. The summed E-state index contributed by atoms with van der Waals surface area (Å²) in [5.74, 6) is 4.30. The van der Waals surface area contributed by atoms with Crippen LogP contribution in [-0.2, 0) is 6.42 Å². The molecule has 0 saturated heterocycles. The van der Waals surface area contributed by atoms with Gasteiger partial charge in [-0.2, -0.15) is 0 Å². The summed E-state index contributed by atoms with van der Waals surface area (Å²) in [5, 5.41) is 12.3. The van der Waals surface area contributed by atoms with Crippen LogP contribution in [0.1, 0.15) is 89.7 Å². The van der Waals surface area contributed by atoms with E-state index in [1.165, 1.54) is 37.2 Å². The second-order valence-corrected chi connectivity index (χ2v) is 9.18. The molecule has 0 amide bonds. The molecule has 2 fully saturated rings. The molecule has 26 heavy (non-hydrogen) atoms. The van der Waals surface area contributed by atoms with Gasteiger partial charge in [-0.05, 0) is 88.4 Å². The smallest absolute Gasteiger partial charge is 0.106 e. The predicted molar refractivity (Wildman–Crippen MR) is 107 cm³/mol. The monoisotopic (exact) mass is 359 g/mol. The van der Waals surface area contributed by atoms with Crippen molar-refractivity contribution < 1.29 is 5.21 Å². The summed E-state index contributed by atoms with van der Waals surface area (Å²) in [7, 11) is 0. The Labute approximate surface area is 159 Å². The first-order chi connectivity index (χ1) is 12.5. The summed E-state index contributed by atoms with van der Waals surface area (Å²) in [6, 6.07) is 0.652. The molecule has 1 N–H and O–H groups in total. The number of nitrogens with zero attached hydrogens (tertiary/aromatic N) is 3. The van der Waals surface area contributed by atoms with E-state index >= 15 is 0 Å². The number of hydrogen-bond acceptors (Lipinski definition) is 3. The van der Waals surface area contributed by atoms with Crippen LogP contribution in [0, 0.1) is 30.6 Å². The number of aryl methyl sites for hydroxylation is 1. The van der Waals surface area contributed by atoms with Gasteiger partial charge in [0.25, 0.3) is 0 Å². The minimum Gasteiger partial charge on any atom is -0.411 e. The van der Waals surface area contributed by atoms with Gasteiger partial charge in [-0.3, -0.25) is 0 Å². The lowest BCUT2D eigenvalue weighted by molar-refractivity contribution is 0.224. The molecule has 1 atom stereocenters. The zero-order chi connectivity index (χ0) is 18.7. The molecule has 0 radical (unpaired) electrons. The van der Waals surface area contributed by atoms with Crippen LogP contribution in [0.5, 0.6) is 0 Å². The fraction of sp³-hybridized carbons (Fsp3) is 0.818. The van der Waals surface area contributed by atoms with Crippen LogP contribution in [0.25, 0.3) is 0 Å². The van der Waals surface area contributed by atoms with E-state index in [1.807, 2.05) is 0 Å². The van der Waals surface area contributed by atoms with E-state index in [0.29, 0.717) is 12.0 Å². The Balaban J connectivity index is 1.56. The van der Waals surface area contributed by atoms with Gasteiger partial charge in [0.15, 0.2) is 0 Å². The lowest BCUT2D eigenvalue weighted by atomic mass is 9.78. The van der Waals surface area contributed by atoms with Crippen LogP contribution in [-0.4, -0.2) is 20.5 Å². The average Bonchev–Trinajstić information content (AvgIpc) is 3.02. The first-order valence-corrected chi connectivity index (χ1v) is 10.7. The largest absolute Gasteiger partial charge is 0.411 e. The molecular formula is C22H37N3O. The van der Waals surface area contributed by atoms with E-state index in [1.54, 1.807) is 0 Å². The average molecular weight is 360 g/mol. The fourth-order valence-electron chi connectivity index (χ4n) is 5.20. The third kappa shape index (κ3) is 4.50. The summed E-state index contributed by atoms with van der Waals surface area (Å²) >= 11 is 0. The number of imidazole rings is 1. The molecule has 2 aliphatic carbocycles. The van der Waals surface area contributed by atoms with Crippen LogP contribution in [0.15, 0.2) is 11.4 Å². The molecule has 0 bridgehead atoms. The minimum atomic E-state index is 0.648. The molecule has 0 aliphatic heterocycles. The molecular weight excluding hydrogens is 322 g/mol. The van der Waals surface area contributed by atoms with Gasteiger partial charge in [0, 0.05) is 12.2 Å². The van der Waals surface area contributed by atoms with Gasteiger partial charge in [-0.25, -0.2) is 4.98 Å². The Hall–Kier alpha value is -1.32. The maximum atomic E-state index is 8.93. The van der Waals surface area contributed by atoms with E-state index in [0.717, 1.165) is 55.6 Å². The summed E-state index contributed by atoms with van der Waals surface area (Å²) < 4.78 is 2.47. The number of rotatable bonds is 5. The van der Waals surface area contributed by atoms with Crippen LogP contribution >= 0.6 is 0 Å². The van der Waals surface area contributed by atoms with Crippen LogP contribution in [0.4, 0.5) is 0 Å². The van der Waals surface area contributed by atoms with Crippen LogP contribution in [0.3, 0.4) is 0 Å². The lowest BCUT2D eigenvalue weighted by Crippen LogP contribution is -2.22. The minimum absolute atomic E-state index is 0.648. The van der Waals surface area contributed by atoms with Crippen LogP contribution in [0.2, 0.25) is 0 Å². The summed E-state index contributed by atoms with van der Waals surface area (Å²) in [4.78, 5) is 4.91. The lowest BCUT2D eigenvalue weighted by Gasteiger charge is -2.32. The van der Waals surface area contributed by atoms with E-state index in [4.69, 9.17) is 10.2 Å². The molecule has 2 aliphatic rings. The zero-order valence-corrected chi connectivity index (χ0v) is 17.1. The maximum Gasteiger partial charge on any atom is 0.106 e. The zero-order valence-electron chi connectivity index (χ0n) is 17.1. The maximum absolute atomic E-state index is 8.93. The highest BCUT2D eigenvalue weighted by molar-refractivity contribution is 5.84. The molecule has 1 aromatic rings. The van der Waals surface area contributed by atoms with Crippen molar-refractivity contribution in [2.75, 3.05) is 0 Å². The third-order valence-electron chi connectivity index (χ3n) is 7.13. The van der Waals surface area contributed by atoms with Crippen molar-refractivity contribution >= 4 is 5.71 Å². The Morgan fingerprint density at radius 3 is 2.31 bits per heavy atom. The molecule has 0 spiro atoms. The van der Waals surface area contributed by atoms with Crippen LogP contribution < -0.4 is 0 Å². The van der Waals surface area contributed by atoms with Gasteiger partial charge in [0.2, 0.25) is 0 Å². The summed E-state index contributed by atoms with van der Waals surface area (Å²) in [5.41, 5.74) is 2.24. The van der Waals surface area contributed by atoms with Crippen molar-refractivity contribution in [1.82, 2.24) is 9.55 Å². The first kappa shape index (κ1) is 19.4. The van der Waals surface area contributed by atoms with Crippen molar-refractivity contribution in [2.45, 2.75) is 91.5 Å². The number of hydrogen-bond donors (Lipinski definition) is 1. The Kier molecular flexibility index (Phi) is 6.42. The molecule has 1 heterocycles. The van der Waals surface area contributed by atoms with Crippen molar-refractivity contribution in [1.29, 1.82) is 0 Å². The summed E-state index contributed by atoms with van der Waals surface area (Å²) in [6.07, 6.45) is 13.0. The van der Waals surface area contributed by atoms with Crippen molar-refractivity contribution in [2.24, 2.45) is 28.8 Å². The van der Waals surface area contributed by atoms with Gasteiger partial charge < -0.3 is 9.77 Å². The van der Waals surface area contributed by atoms with Crippen molar-refractivity contribution in [3.63, 3.8) is 0 Å².